The molecule has 0 aromatic heterocycles. The molecule has 0 aromatic carbocycles. The summed E-state index contributed by atoms with van der Waals surface area (Å²) in [7, 11) is 0. The molecular weight excluding hydrogens is 204 g/mol. The van der Waals surface area contributed by atoms with Crippen molar-refractivity contribution in [1.82, 2.24) is 4.90 Å². The van der Waals surface area contributed by atoms with Gasteiger partial charge in [-0.15, -0.1) is 0 Å². The summed E-state index contributed by atoms with van der Waals surface area (Å²) >= 11 is 2.09. The van der Waals surface area contributed by atoms with E-state index in [-0.39, 0.29) is 5.54 Å². The van der Waals surface area contributed by atoms with Crippen LogP contribution < -0.4 is 5.73 Å². The van der Waals surface area contributed by atoms with E-state index in [4.69, 9.17) is 5.73 Å². The van der Waals surface area contributed by atoms with Crippen LogP contribution in [0.5, 0.6) is 0 Å². The predicted molar refractivity (Wildman–Crippen MR) is 70.5 cm³/mol. The van der Waals surface area contributed by atoms with Gasteiger partial charge in [-0.25, -0.2) is 0 Å². The van der Waals surface area contributed by atoms with Crippen LogP contribution in [-0.4, -0.2) is 40.6 Å². The standard InChI is InChI=1S/C12H26N2S/c1-5-6-12(4,13)9-14-7-8-15-11(3)10(14)2/h10-11H,5-9,13H2,1-4H3. The molecule has 1 aliphatic heterocycles. The fourth-order valence-corrected chi connectivity index (χ4v) is 3.50. The molecule has 0 saturated carbocycles. The lowest BCUT2D eigenvalue weighted by atomic mass is 9.96. The SMILES string of the molecule is CCCC(C)(N)CN1CCSC(C)C1C. The molecule has 0 aromatic rings. The lowest BCUT2D eigenvalue weighted by Crippen LogP contribution is -2.54. The first-order valence-corrected chi connectivity index (χ1v) is 7.15. The van der Waals surface area contributed by atoms with Gasteiger partial charge in [0.05, 0.1) is 0 Å². The van der Waals surface area contributed by atoms with Crippen molar-refractivity contribution in [2.75, 3.05) is 18.8 Å². The van der Waals surface area contributed by atoms with Crippen LogP contribution >= 0.6 is 11.8 Å². The van der Waals surface area contributed by atoms with Gasteiger partial charge in [0, 0.05) is 35.7 Å². The van der Waals surface area contributed by atoms with Gasteiger partial charge in [-0.2, -0.15) is 11.8 Å². The molecule has 1 rings (SSSR count). The molecule has 0 spiro atoms. The molecule has 1 heterocycles. The van der Waals surface area contributed by atoms with Gasteiger partial charge in [-0.05, 0) is 20.3 Å². The highest BCUT2D eigenvalue weighted by Gasteiger charge is 2.29. The molecule has 15 heavy (non-hydrogen) atoms. The molecule has 3 atom stereocenters. The Morgan fingerprint density at radius 2 is 2.13 bits per heavy atom. The van der Waals surface area contributed by atoms with E-state index in [0.717, 1.165) is 18.2 Å². The van der Waals surface area contributed by atoms with Crippen LogP contribution in [0.25, 0.3) is 0 Å². The van der Waals surface area contributed by atoms with Crippen LogP contribution in [0.15, 0.2) is 0 Å². The first kappa shape index (κ1) is 13.3. The summed E-state index contributed by atoms with van der Waals surface area (Å²) in [6, 6.07) is 0.670. The van der Waals surface area contributed by atoms with Gasteiger partial charge in [0.15, 0.2) is 0 Å². The number of rotatable bonds is 4. The van der Waals surface area contributed by atoms with E-state index in [1.165, 1.54) is 18.7 Å². The molecule has 90 valence electrons. The topological polar surface area (TPSA) is 29.3 Å². The fourth-order valence-electron chi connectivity index (χ4n) is 2.33. The van der Waals surface area contributed by atoms with Crippen molar-refractivity contribution in [2.24, 2.45) is 5.73 Å². The van der Waals surface area contributed by atoms with Crippen molar-refractivity contribution < 1.29 is 0 Å². The van der Waals surface area contributed by atoms with Crippen molar-refractivity contribution >= 4 is 11.8 Å². The number of hydrogen-bond donors (Lipinski definition) is 1. The van der Waals surface area contributed by atoms with Crippen molar-refractivity contribution in [3.8, 4) is 0 Å². The van der Waals surface area contributed by atoms with E-state index in [2.05, 4.69) is 44.4 Å². The van der Waals surface area contributed by atoms with Crippen LogP contribution in [0.3, 0.4) is 0 Å². The highest BCUT2D eigenvalue weighted by Crippen LogP contribution is 2.25. The van der Waals surface area contributed by atoms with E-state index < -0.39 is 0 Å². The predicted octanol–water partition coefficient (Wildman–Crippen LogP) is 2.33. The maximum atomic E-state index is 6.32. The quantitative estimate of drug-likeness (QED) is 0.804. The van der Waals surface area contributed by atoms with Gasteiger partial charge in [0.1, 0.15) is 0 Å². The first-order chi connectivity index (χ1) is 6.96. The molecule has 0 bridgehead atoms. The Labute approximate surface area is 99.0 Å². The third-order valence-corrected chi connectivity index (χ3v) is 4.74. The minimum atomic E-state index is -0.00919. The van der Waals surface area contributed by atoms with Crippen molar-refractivity contribution in [3.63, 3.8) is 0 Å². The third kappa shape index (κ3) is 3.97. The number of thioether (sulfide) groups is 1. The van der Waals surface area contributed by atoms with Crippen LogP contribution in [0.4, 0.5) is 0 Å². The average Bonchev–Trinajstić information content (AvgIpc) is 2.12. The summed E-state index contributed by atoms with van der Waals surface area (Å²) in [6.07, 6.45) is 2.30. The van der Waals surface area contributed by atoms with Gasteiger partial charge in [-0.3, -0.25) is 4.90 Å². The van der Waals surface area contributed by atoms with E-state index in [0.29, 0.717) is 6.04 Å². The monoisotopic (exact) mass is 230 g/mol. The Bertz CT molecular complexity index is 194. The normalized spacial score (nSPS) is 32.6. The molecule has 0 amide bonds. The number of nitrogens with zero attached hydrogens (tertiary/aromatic N) is 1. The largest absolute Gasteiger partial charge is 0.324 e. The Hall–Kier alpha value is 0.270. The number of hydrogen-bond acceptors (Lipinski definition) is 3. The van der Waals surface area contributed by atoms with Crippen molar-refractivity contribution in [1.29, 1.82) is 0 Å². The smallest absolute Gasteiger partial charge is 0.0254 e. The van der Waals surface area contributed by atoms with Crippen molar-refractivity contribution in [2.45, 2.75) is 57.4 Å². The molecule has 0 radical (unpaired) electrons. The second-order valence-corrected chi connectivity index (χ2v) is 6.68. The molecular formula is C12H26N2S. The zero-order valence-corrected chi connectivity index (χ0v) is 11.4. The third-order valence-electron chi connectivity index (χ3n) is 3.40. The van der Waals surface area contributed by atoms with E-state index in [9.17, 15) is 0 Å². The Balaban J connectivity index is 2.49. The number of nitrogens with two attached hydrogens (primary N) is 1. The highest BCUT2D eigenvalue weighted by molar-refractivity contribution is 8.00. The average molecular weight is 230 g/mol. The molecule has 1 saturated heterocycles. The zero-order valence-electron chi connectivity index (χ0n) is 10.6. The Morgan fingerprint density at radius 1 is 1.47 bits per heavy atom. The maximum absolute atomic E-state index is 6.32. The highest BCUT2D eigenvalue weighted by atomic mass is 32.2. The van der Waals surface area contributed by atoms with Crippen LogP contribution in [0.1, 0.15) is 40.5 Å². The molecule has 2 N–H and O–H groups in total. The van der Waals surface area contributed by atoms with Gasteiger partial charge in [0.25, 0.3) is 0 Å². The Kier molecular flexibility index (Phi) is 4.94. The lowest BCUT2D eigenvalue weighted by molar-refractivity contribution is 0.165. The van der Waals surface area contributed by atoms with E-state index in [1.54, 1.807) is 0 Å². The van der Waals surface area contributed by atoms with Gasteiger partial charge >= 0.3 is 0 Å². The van der Waals surface area contributed by atoms with Crippen LogP contribution in [0.2, 0.25) is 0 Å². The molecule has 2 nitrogen and oxygen atoms in total. The Morgan fingerprint density at radius 3 is 2.73 bits per heavy atom. The van der Waals surface area contributed by atoms with Gasteiger partial charge in [0.2, 0.25) is 0 Å². The molecule has 0 aliphatic carbocycles. The summed E-state index contributed by atoms with van der Waals surface area (Å²) < 4.78 is 0. The molecule has 3 heteroatoms. The summed E-state index contributed by atoms with van der Waals surface area (Å²) in [5.74, 6) is 1.26. The maximum Gasteiger partial charge on any atom is 0.0254 e. The minimum Gasteiger partial charge on any atom is -0.324 e. The minimum absolute atomic E-state index is 0.00919. The van der Waals surface area contributed by atoms with E-state index >= 15 is 0 Å². The molecule has 1 fully saturated rings. The summed E-state index contributed by atoms with van der Waals surface area (Å²) in [6.45, 7) is 11.3. The van der Waals surface area contributed by atoms with Gasteiger partial charge < -0.3 is 5.73 Å². The summed E-state index contributed by atoms with van der Waals surface area (Å²) in [5.41, 5.74) is 6.31. The first-order valence-electron chi connectivity index (χ1n) is 6.11. The van der Waals surface area contributed by atoms with Crippen molar-refractivity contribution in [3.05, 3.63) is 0 Å². The lowest BCUT2D eigenvalue weighted by Gasteiger charge is -2.41. The van der Waals surface area contributed by atoms with Crippen LogP contribution in [0, 0.1) is 0 Å². The molecule has 1 aliphatic rings. The fraction of sp³-hybridized carbons (Fsp3) is 1.00. The molecule has 3 unspecified atom stereocenters. The zero-order chi connectivity index (χ0) is 11.5. The summed E-state index contributed by atoms with van der Waals surface area (Å²) in [4.78, 5) is 2.57. The van der Waals surface area contributed by atoms with Crippen LogP contribution in [-0.2, 0) is 0 Å². The van der Waals surface area contributed by atoms with Gasteiger partial charge in [-0.1, -0.05) is 20.3 Å². The second-order valence-electron chi connectivity index (χ2n) is 5.19. The summed E-state index contributed by atoms with van der Waals surface area (Å²) in [5, 5.41) is 0.746. The van der Waals surface area contributed by atoms with E-state index in [1.807, 2.05) is 0 Å². The second kappa shape index (κ2) is 5.55.